The number of nitrogen functional groups attached to an aromatic ring is 1. The SMILES string of the molecule is Cn1c(-c2ccccc2)nc(-c2ccc(Br)c(F)c2)c1N. The highest BCUT2D eigenvalue weighted by atomic mass is 79.9. The molecule has 0 aliphatic heterocycles. The molecule has 0 atom stereocenters. The molecule has 0 fully saturated rings. The van der Waals surface area contributed by atoms with Gasteiger partial charge >= 0.3 is 0 Å². The molecule has 1 aromatic heterocycles. The van der Waals surface area contributed by atoms with E-state index in [0.717, 1.165) is 11.4 Å². The van der Waals surface area contributed by atoms with Crippen molar-refractivity contribution in [2.45, 2.75) is 0 Å². The zero-order valence-electron chi connectivity index (χ0n) is 11.3. The molecule has 0 amide bonds. The van der Waals surface area contributed by atoms with Crippen molar-refractivity contribution in [3.05, 3.63) is 58.8 Å². The zero-order chi connectivity index (χ0) is 15.0. The third-order valence-electron chi connectivity index (χ3n) is 3.36. The van der Waals surface area contributed by atoms with Crippen molar-refractivity contribution in [2.24, 2.45) is 7.05 Å². The Labute approximate surface area is 130 Å². The Bertz CT molecular complexity index is 797. The van der Waals surface area contributed by atoms with Gasteiger partial charge in [0.25, 0.3) is 0 Å². The third-order valence-corrected chi connectivity index (χ3v) is 4.01. The van der Waals surface area contributed by atoms with E-state index in [1.54, 1.807) is 12.1 Å². The van der Waals surface area contributed by atoms with Crippen molar-refractivity contribution in [1.29, 1.82) is 0 Å². The molecule has 5 heteroatoms. The molecule has 3 aromatic rings. The minimum Gasteiger partial charge on any atom is -0.383 e. The summed E-state index contributed by atoms with van der Waals surface area (Å²) in [5, 5.41) is 0. The van der Waals surface area contributed by atoms with Crippen molar-refractivity contribution >= 4 is 21.7 Å². The van der Waals surface area contributed by atoms with Crippen LogP contribution < -0.4 is 5.73 Å². The monoisotopic (exact) mass is 345 g/mol. The molecule has 0 unspecified atom stereocenters. The van der Waals surface area contributed by atoms with Crippen LogP contribution in [0, 0.1) is 5.82 Å². The maximum absolute atomic E-state index is 13.7. The minimum atomic E-state index is -0.334. The minimum absolute atomic E-state index is 0.334. The Morgan fingerprint density at radius 2 is 1.81 bits per heavy atom. The predicted octanol–water partition coefficient (Wildman–Crippen LogP) is 4.24. The lowest BCUT2D eigenvalue weighted by atomic mass is 10.1. The van der Waals surface area contributed by atoms with Gasteiger partial charge in [-0.3, -0.25) is 0 Å². The molecule has 106 valence electrons. The molecule has 2 N–H and O–H groups in total. The molecule has 0 radical (unpaired) electrons. The van der Waals surface area contributed by atoms with E-state index in [1.165, 1.54) is 6.07 Å². The fourth-order valence-electron chi connectivity index (χ4n) is 2.21. The number of nitrogens with two attached hydrogens (primary N) is 1. The molecule has 0 aliphatic carbocycles. The first-order chi connectivity index (χ1) is 10.1. The summed E-state index contributed by atoms with van der Waals surface area (Å²) in [6.07, 6.45) is 0. The molecule has 3 rings (SSSR count). The summed E-state index contributed by atoms with van der Waals surface area (Å²) in [4.78, 5) is 4.58. The molecule has 0 saturated heterocycles. The van der Waals surface area contributed by atoms with Crippen LogP contribution in [-0.4, -0.2) is 9.55 Å². The third kappa shape index (κ3) is 2.45. The maximum Gasteiger partial charge on any atom is 0.142 e. The number of halogens is 2. The number of benzene rings is 2. The molecular weight excluding hydrogens is 333 g/mol. The van der Waals surface area contributed by atoms with Gasteiger partial charge in [0, 0.05) is 18.2 Å². The van der Waals surface area contributed by atoms with E-state index < -0.39 is 0 Å². The Balaban J connectivity index is 2.15. The number of aromatic nitrogens is 2. The molecule has 0 bridgehead atoms. The Morgan fingerprint density at radius 1 is 1.10 bits per heavy atom. The number of rotatable bonds is 2. The van der Waals surface area contributed by atoms with Gasteiger partial charge in [0.2, 0.25) is 0 Å². The van der Waals surface area contributed by atoms with Crippen LogP contribution in [0.25, 0.3) is 22.6 Å². The number of hydrogen-bond donors (Lipinski definition) is 1. The summed E-state index contributed by atoms with van der Waals surface area (Å²) in [6.45, 7) is 0. The van der Waals surface area contributed by atoms with E-state index in [1.807, 2.05) is 41.9 Å². The van der Waals surface area contributed by atoms with Crippen LogP contribution in [0.1, 0.15) is 0 Å². The van der Waals surface area contributed by atoms with Crippen LogP contribution in [0.4, 0.5) is 10.2 Å². The summed E-state index contributed by atoms with van der Waals surface area (Å²) < 4.78 is 15.9. The fraction of sp³-hybridized carbons (Fsp3) is 0.0625. The van der Waals surface area contributed by atoms with Gasteiger partial charge in [-0.15, -0.1) is 0 Å². The van der Waals surface area contributed by atoms with E-state index >= 15 is 0 Å². The van der Waals surface area contributed by atoms with Gasteiger partial charge in [0.1, 0.15) is 23.2 Å². The number of hydrogen-bond acceptors (Lipinski definition) is 2. The largest absolute Gasteiger partial charge is 0.383 e. The molecule has 0 spiro atoms. The lowest BCUT2D eigenvalue weighted by Gasteiger charge is -2.02. The van der Waals surface area contributed by atoms with E-state index in [2.05, 4.69) is 20.9 Å². The van der Waals surface area contributed by atoms with E-state index in [9.17, 15) is 4.39 Å². The highest BCUT2D eigenvalue weighted by Gasteiger charge is 2.16. The average molecular weight is 346 g/mol. The van der Waals surface area contributed by atoms with Crippen LogP contribution in [0.5, 0.6) is 0 Å². The maximum atomic E-state index is 13.7. The topological polar surface area (TPSA) is 43.8 Å². The van der Waals surface area contributed by atoms with E-state index in [4.69, 9.17) is 5.73 Å². The highest BCUT2D eigenvalue weighted by Crippen LogP contribution is 2.31. The fourth-order valence-corrected chi connectivity index (χ4v) is 2.46. The summed E-state index contributed by atoms with van der Waals surface area (Å²) in [5.74, 6) is 0.931. The Morgan fingerprint density at radius 3 is 2.48 bits per heavy atom. The Hall–Kier alpha value is -2.14. The summed E-state index contributed by atoms with van der Waals surface area (Å²) in [6, 6.07) is 14.6. The van der Waals surface area contributed by atoms with Crippen molar-refractivity contribution in [2.75, 3.05) is 5.73 Å². The van der Waals surface area contributed by atoms with Crippen LogP contribution >= 0.6 is 15.9 Å². The summed E-state index contributed by atoms with van der Waals surface area (Å²) >= 11 is 3.14. The van der Waals surface area contributed by atoms with Gasteiger partial charge in [-0.25, -0.2) is 9.37 Å². The second-order valence-electron chi connectivity index (χ2n) is 4.72. The standard InChI is InChI=1S/C16H13BrFN3/c1-21-15(19)14(11-7-8-12(17)13(18)9-11)20-16(21)10-5-3-2-4-6-10/h2-9H,19H2,1H3. The van der Waals surface area contributed by atoms with Gasteiger partial charge in [-0.1, -0.05) is 36.4 Å². The second kappa shape index (κ2) is 5.33. The number of anilines is 1. The van der Waals surface area contributed by atoms with Crippen molar-refractivity contribution < 1.29 is 4.39 Å². The van der Waals surface area contributed by atoms with E-state index in [0.29, 0.717) is 21.5 Å². The lowest BCUT2D eigenvalue weighted by molar-refractivity contribution is 0.621. The van der Waals surface area contributed by atoms with Gasteiger partial charge in [0.05, 0.1) is 4.47 Å². The second-order valence-corrected chi connectivity index (χ2v) is 5.58. The average Bonchev–Trinajstić information content (AvgIpc) is 2.79. The van der Waals surface area contributed by atoms with Crippen molar-refractivity contribution in [3.8, 4) is 22.6 Å². The molecular formula is C16H13BrFN3. The quantitative estimate of drug-likeness (QED) is 0.754. The van der Waals surface area contributed by atoms with Crippen molar-refractivity contribution in [1.82, 2.24) is 9.55 Å². The van der Waals surface area contributed by atoms with Gasteiger partial charge in [-0.2, -0.15) is 0 Å². The highest BCUT2D eigenvalue weighted by molar-refractivity contribution is 9.10. The zero-order valence-corrected chi connectivity index (χ0v) is 12.9. The van der Waals surface area contributed by atoms with Crippen LogP contribution in [0.3, 0.4) is 0 Å². The molecule has 2 aromatic carbocycles. The van der Waals surface area contributed by atoms with Crippen LogP contribution in [0.2, 0.25) is 0 Å². The first-order valence-corrected chi connectivity index (χ1v) is 7.20. The molecule has 0 aliphatic rings. The van der Waals surface area contributed by atoms with Crippen molar-refractivity contribution in [3.63, 3.8) is 0 Å². The smallest absolute Gasteiger partial charge is 0.142 e. The number of imidazole rings is 1. The predicted molar refractivity (Wildman–Crippen MR) is 86.2 cm³/mol. The van der Waals surface area contributed by atoms with Gasteiger partial charge in [0.15, 0.2) is 0 Å². The Kier molecular flexibility index (Phi) is 3.51. The van der Waals surface area contributed by atoms with E-state index in [-0.39, 0.29) is 5.82 Å². The molecule has 3 nitrogen and oxygen atoms in total. The summed E-state index contributed by atoms with van der Waals surface area (Å²) in [7, 11) is 1.85. The molecule has 1 heterocycles. The first-order valence-electron chi connectivity index (χ1n) is 6.41. The first kappa shape index (κ1) is 13.8. The van der Waals surface area contributed by atoms with Gasteiger partial charge in [-0.05, 0) is 28.1 Å². The molecule has 0 saturated carbocycles. The summed E-state index contributed by atoms with van der Waals surface area (Å²) in [5.41, 5.74) is 8.34. The number of nitrogens with zero attached hydrogens (tertiary/aromatic N) is 2. The van der Waals surface area contributed by atoms with Crippen LogP contribution in [0.15, 0.2) is 53.0 Å². The lowest BCUT2D eigenvalue weighted by Crippen LogP contribution is -1.98. The van der Waals surface area contributed by atoms with Gasteiger partial charge < -0.3 is 10.3 Å². The van der Waals surface area contributed by atoms with Crippen LogP contribution in [-0.2, 0) is 7.05 Å². The molecule has 21 heavy (non-hydrogen) atoms. The normalized spacial score (nSPS) is 10.8.